The molecule has 1 aromatic rings. The van der Waals surface area contributed by atoms with Crippen LogP contribution in [0.1, 0.15) is 31.7 Å². The maximum Gasteiger partial charge on any atom is 0.123 e. The largest absolute Gasteiger partial charge is 0.207 e. The van der Waals surface area contributed by atoms with E-state index in [4.69, 9.17) is 0 Å². The van der Waals surface area contributed by atoms with Gasteiger partial charge >= 0.3 is 0 Å². The molecule has 0 aromatic heterocycles. The fourth-order valence-electron chi connectivity index (χ4n) is 2.08. The first-order valence-electron chi connectivity index (χ1n) is 6.46. The second-order valence-electron chi connectivity index (χ2n) is 4.96. The van der Waals surface area contributed by atoms with E-state index in [2.05, 4.69) is 31.7 Å². The molecule has 0 spiro atoms. The smallest absolute Gasteiger partial charge is 0.123 e. The van der Waals surface area contributed by atoms with Crippen molar-refractivity contribution in [1.29, 1.82) is 0 Å². The summed E-state index contributed by atoms with van der Waals surface area (Å²) in [6.07, 6.45) is 9.86. The minimum absolute atomic E-state index is 0.196. The first-order valence-corrected chi connectivity index (χ1v) is 6.46. The SMILES string of the molecule is C=C(CCC1=CCC(C)C=C1)c1ccc(F)cc1. The maximum absolute atomic E-state index is 12.8. The molecule has 1 aliphatic rings. The Balaban J connectivity index is 1.89. The van der Waals surface area contributed by atoms with Crippen LogP contribution in [0.25, 0.3) is 5.57 Å². The van der Waals surface area contributed by atoms with Gasteiger partial charge in [-0.2, -0.15) is 0 Å². The van der Waals surface area contributed by atoms with E-state index in [9.17, 15) is 4.39 Å². The molecule has 0 aliphatic heterocycles. The quantitative estimate of drug-likeness (QED) is 0.685. The van der Waals surface area contributed by atoms with Crippen molar-refractivity contribution in [3.8, 4) is 0 Å². The highest BCUT2D eigenvalue weighted by atomic mass is 19.1. The van der Waals surface area contributed by atoms with Crippen LogP contribution in [-0.2, 0) is 0 Å². The van der Waals surface area contributed by atoms with Gasteiger partial charge in [0.15, 0.2) is 0 Å². The minimum atomic E-state index is -0.196. The van der Waals surface area contributed by atoms with E-state index in [0.717, 1.165) is 30.4 Å². The Morgan fingerprint density at radius 3 is 2.67 bits per heavy atom. The molecule has 0 N–H and O–H groups in total. The van der Waals surface area contributed by atoms with Crippen LogP contribution < -0.4 is 0 Å². The molecular weight excluding hydrogens is 223 g/mol. The summed E-state index contributed by atoms with van der Waals surface area (Å²) in [7, 11) is 0. The number of halogens is 1. The number of allylic oxidation sites excluding steroid dienone is 5. The fraction of sp³-hybridized carbons (Fsp3) is 0.294. The van der Waals surface area contributed by atoms with E-state index < -0.39 is 0 Å². The predicted octanol–water partition coefficient (Wildman–Crippen LogP) is 5.14. The first-order chi connectivity index (χ1) is 8.65. The number of hydrogen-bond donors (Lipinski definition) is 0. The number of rotatable bonds is 4. The highest BCUT2D eigenvalue weighted by molar-refractivity contribution is 5.63. The van der Waals surface area contributed by atoms with E-state index in [1.807, 2.05) is 0 Å². The van der Waals surface area contributed by atoms with E-state index in [1.165, 1.54) is 17.7 Å². The molecule has 0 bridgehead atoms. The van der Waals surface area contributed by atoms with Gasteiger partial charge in [0.2, 0.25) is 0 Å². The molecule has 94 valence electrons. The van der Waals surface area contributed by atoms with Gasteiger partial charge < -0.3 is 0 Å². The van der Waals surface area contributed by atoms with E-state index >= 15 is 0 Å². The Hall–Kier alpha value is -1.63. The van der Waals surface area contributed by atoms with Crippen molar-refractivity contribution in [3.05, 3.63) is 66.0 Å². The number of benzene rings is 1. The Labute approximate surface area is 109 Å². The molecule has 18 heavy (non-hydrogen) atoms. The zero-order chi connectivity index (χ0) is 13.0. The topological polar surface area (TPSA) is 0 Å². The van der Waals surface area contributed by atoms with Gasteiger partial charge in [-0.3, -0.25) is 0 Å². The Kier molecular flexibility index (Phi) is 4.14. The van der Waals surface area contributed by atoms with Gasteiger partial charge in [-0.1, -0.05) is 49.4 Å². The van der Waals surface area contributed by atoms with Crippen molar-refractivity contribution in [1.82, 2.24) is 0 Å². The molecule has 0 saturated carbocycles. The van der Waals surface area contributed by atoms with Crippen LogP contribution in [0.15, 0.2) is 54.6 Å². The molecule has 0 fully saturated rings. The van der Waals surface area contributed by atoms with Crippen LogP contribution >= 0.6 is 0 Å². The Morgan fingerprint density at radius 2 is 2.06 bits per heavy atom. The summed E-state index contributed by atoms with van der Waals surface area (Å²) in [4.78, 5) is 0. The summed E-state index contributed by atoms with van der Waals surface area (Å²) in [6.45, 7) is 6.30. The molecule has 0 amide bonds. The molecule has 0 saturated heterocycles. The minimum Gasteiger partial charge on any atom is -0.207 e. The second kappa shape index (κ2) is 5.81. The lowest BCUT2D eigenvalue weighted by molar-refractivity contribution is 0.627. The van der Waals surface area contributed by atoms with Crippen LogP contribution in [0.5, 0.6) is 0 Å². The highest BCUT2D eigenvalue weighted by Crippen LogP contribution is 2.24. The summed E-state index contributed by atoms with van der Waals surface area (Å²) < 4.78 is 12.8. The van der Waals surface area contributed by atoms with Crippen LogP contribution in [0.3, 0.4) is 0 Å². The third-order valence-corrected chi connectivity index (χ3v) is 3.36. The molecule has 1 aliphatic carbocycles. The monoisotopic (exact) mass is 242 g/mol. The van der Waals surface area contributed by atoms with Gasteiger partial charge in [-0.15, -0.1) is 0 Å². The third-order valence-electron chi connectivity index (χ3n) is 3.36. The molecule has 1 unspecified atom stereocenters. The molecule has 1 atom stereocenters. The second-order valence-corrected chi connectivity index (χ2v) is 4.96. The average molecular weight is 242 g/mol. The maximum atomic E-state index is 12.8. The van der Waals surface area contributed by atoms with Gasteiger partial charge in [-0.25, -0.2) is 4.39 Å². The molecule has 0 nitrogen and oxygen atoms in total. The molecule has 0 radical (unpaired) electrons. The predicted molar refractivity (Wildman–Crippen MR) is 75.7 cm³/mol. The summed E-state index contributed by atoms with van der Waals surface area (Å²) >= 11 is 0. The lowest BCUT2D eigenvalue weighted by Gasteiger charge is -2.12. The Bertz CT molecular complexity index is 477. The molecule has 2 rings (SSSR count). The third kappa shape index (κ3) is 3.43. The van der Waals surface area contributed by atoms with Gasteiger partial charge in [0, 0.05) is 0 Å². The van der Waals surface area contributed by atoms with E-state index in [1.54, 1.807) is 12.1 Å². The summed E-state index contributed by atoms with van der Waals surface area (Å²) in [5.41, 5.74) is 3.49. The molecular formula is C17H19F. The van der Waals surface area contributed by atoms with Crippen LogP contribution in [0.2, 0.25) is 0 Å². The van der Waals surface area contributed by atoms with Gasteiger partial charge in [0.05, 0.1) is 0 Å². The molecule has 0 heterocycles. The standard InChI is InChI=1S/C17H19F/c1-13-3-6-15(7-4-13)8-5-14(2)16-9-11-17(18)12-10-16/h3,6-7,9-13H,2,4-5,8H2,1H3. The van der Waals surface area contributed by atoms with E-state index in [-0.39, 0.29) is 5.82 Å². The van der Waals surface area contributed by atoms with Crippen molar-refractivity contribution < 1.29 is 4.39 Å². The summed E-state index contributed by atoms with van der Waals surface area (Å²) in [6, 6.07) is 6.57. The molecule has 1 aromatic carbocycles. The highest BCUT2D eigenvalue weighted by Gasteiger charge is 2.05. The van der Waals surface area contributed by atoms with Crippen LogP contribution in [-0.4, -0.2) is 0 Å². The lowest BCUT2D eigenvalue weighted by Crippen LogP contribution is -1.95. The van der Waals surface area contributed by atoms with Crippen molar-refractivity contribution >= 4 is 5.57 Å². The summed E-state index contributed by atoms with van der Waals surface area (Å²) in [5, 5.41) is 0. The van der Waals surface area contributed by atoms with Gasteiger partial charge in [0.25, 0.3) is 0 Å². The zero-order valence-corrected chi connectivity index (χ0v) is 10.8. The Morgan fingerprint density at radius 1 is 1.33 bits per heavy atom. The normalized spacial score (nSPS) is 18.6. The van der Waals surface area contributed by atoms with Crippen molar-refractivity contribution in [3.63, 3.8) is 0 Å². The van der Waals surface area contributed by atoms with Crippen molar-refractivity contribution in [2.24, 2.45) is 5.92 Å². The van der Waals surface area contributed by atoms with Crippen LogP contribution in [0.4, 0.5) is 4.39 Å². The lowest BCUT2D eigenvalue weighted by atomic mass is 9.93. The zero-order valence-electron chi connectivity index (χ0n) is 10.8. The van der Waals surface area contributed by atoms with Crippen molar-refractivity contribution in [2.45, 2.75) is 26.2 Å². The fourth-order valence-corrected chi connectivity index (χ4v) is 2.08. The van der Waals surface area contributed by atoms with Crippen molar-refractivity contribution in [2.75, 3.05) is 0 Å². The van der Waals surface area contributed by atoms with Crippen LogP contribution in [0, 0.1) is 11.7 Å². The summed E-state index contributed by atoms with van der Waals surface area (Å²) in [5.74, 6) is 0.465. The molecule has 1 heteroatoms. The number of hydrogen-bond acceptors (Lipinski definition) is 0. The van der Waals surface area contributed by atoms with Gasteiger partial charge in [-0.05, 0) is 48.4 Å². The average Bonchev–Trinajstić information content (AvgIpc) is 2.38. The van der Waals surface area contributed by atoms with Gasteiger partial charge in [0.1, 0.15) is 5.82 Å². The van der Waals surface area contributed by atoms with E-state index in [0.29, 0.717) is 5.92 Å². The first kappa shape index (κ1) is 12.8.